The highest BCUT2D eigenvalue weighted by molar-refractivity contribution is 6.32. The number of hydrogen-bond donors (Lipinski definition) is 2. The predicted octanol–water partition coefficient (Wildman–Crippen LogP) is 2.88. The van der Waals surface area contributed by atoms with Crippen molar-refractivity contribution in [3.63, 3.8) is 0 Å². The first-order valence-corrected chi connectivity index (χ1v) is 7.20. The zero-order valence-electron chi connectivity index (χ0n) is 12.8. The molecule has 0 aliphatic carbocycles. The molecule has 20 heavy (non-hydrogen) atoms. The van der Waals surface area contributed by atoms with Crippen molar-refractivity contribution in [2.24, 2.45) is 5.92 Å². The van der Waals surface area contributed by atoms with E-state index in [1.807, 2.05) is 30.3 Å². The Morgan fingerprint density at radius 2 is 1.75 bits per heavy atom. The van der Waals surface area contributed by atoms with Crippen LogP contribution in [0.1, 0.15) is 39.5 Å². The molecule has 0 radical (unpaired) electrons. The van der Waals surface area contributed by atoms with Crippen molar-refractivity contribution < 1.29 is 19.4 Å². The Kier molecular flexibility index (Phi) is 12.3. The van der Waals surface area contributed by atoms with Crippen LogP contribution in [0.15, 0.2) is 30.3 Å². The molecule has 0 aromatic heterocycles. The van der Waals surface area contributed by atoms with E-state index in [9.17, 15) is 0 Å². The Morgan fingerprint density at radius 3 is 2.20 bits per heavy atom. The van der Waals surface area contributed by atoms with Gasteiger partial charge in [0.15, 0.2) is 0 Å². The monoisotopic (exact) mass is 282 g/mol. The minimum Gasteiger partial charge on any atom is -0.493 e. The summed E-state index contributed by atoms with van der Waals surface area (Å²) in [6.45, 7) is 5.35. The molecule has 1 rings (SSSR count). The summed E-state index contributed by atoms with van der Waals surface area (Å²) in [7, 11) is -0.417. The fourth-order valence-electron chi connectivity index (χ4n) is 1.63. The molecule has 4 nitrogen and oxygen atoms in total. The summed E-state index contributed by atoms with van der Waals surface area (Å²) in [6, 6.07) is 10.1. The molecule has 0 spiro atoms. The van der Waals surface area contributed by atoms with E-state index in [2.05, 4.69) is 18.5 Å². The van der Waals surface area contributed by atoms with Gasteiger partial charge in [0.05, 0.1) is 6.61 Å². The lowest BCUT2D eigenvalue weighted by Crippen LogP contribution is -2.12. The molecule has 1 unspecified atom stereocenters. The third kappa shape index (κ3) is 10.8. The molecule has 0 saturated carbocycles. The van der Waals surface area contributed by atoms with Crippen molar-refractivity contribution in [2.45, 2.75) is 39.5 Å². The molecule has 1 atom stereocenters. The van der Waals surface area contributed by atoms with Crippen molar-refractivity contribution in [3.8, 4) is 5.75 Å². The van der Waals surface area contributed by atoms with E-state index in [0.29, 0.717) is 5.92 Å². The summed E-state index contributed by atoms with van der Waals surface area (Å²) in [5, 5.41) is 15.4. The van der Waals surface area contributed by atoms with E-state index < -0.39 is 7.32 Å². The highest BCUT2D eigenvalue weighted by atomic mass is 16.6. The predicted molar refractivity (Wildman–Crippen MR) is 82.4 cm³/mol. The summed E-state index contributed by atoms with van der Waals surface area (Å²) in [6.07, 6.45) is 5.10. The quantitative estimate of drug-likeness (QED) is 0.720. The lowest BCUT2D eigenvalue weighted by molar-refractivity contribution is 0.229. The molecule has 0 saturated heterocycles. The standard InChI is InChI=1S/C14H22O.CH5BO3/c1-3-5-9-13(4-2)12-15-14-10-7-6-8-11-14;1-5-2(3)4/h6-8,10-11,13H,3-5,9,12H2,1-2H3;3-4H,1H3. The van der Waals surface area contributed by atoms with E-state index in [-0.39, 0.29) is 0 Å². The average molecular weight is 282 g/mol. The van der Waals surface area contributed by atoms with Crippen LogP contribution >= 0.6 is 0 Å². The number of ether oxygens (including phenoxy) is 1. The fraction of sp³-hybridized carbons (Fsp3) is 0.600. The molecule has 0 aliphatic heterocycles. The van der Waals surface area contributed by atoms with Gasteiger partial charge < -0.3 is 19.4 Å². The van der Waals surface area contributed by atoms with Gasteiger partial charge in [-0.15, -0.1) is 0 Å². The summed E-state index contributed by atoms with van der Waals surface area (Å²) >= 11 is 0. The maximum Gasteiger partial charge on any atom is 0.633 e. The third-order valence-corrected chi connectivity index (χ3v) is 2.98. The third-order valence-electron chi connectivity index (χ3n) is 2.98. The smallest absolute Gasteiger partial charge is 0.493 e. The van der Waals surface area contributed by atoms with Crippen LogP contribution in [-0.2, 0) is 4.65 Å². The molecule has 114 valence electrons. The van der Waals surface area contributed by atoms with Gasteiger partial charge >= 0.3 is 7.32 Å². The maximum atomic E-state index is 7.69. The number of benzene rings is 1. The van der Waals surface area contributed by atoms with E-state index in [4.69, 9.17) is 14.8 Å². The Hall–Kier alpha value is -1.04. The second-order valence-corrected chi connectivity index (χ2v) is 4.60. The van der Waals surface area contributed by atoms with Crippen LogP contribution in [0.5, 0.6) is 5.75 Å². The van der Waals surface area contributed by atoms with Crippen LogP contribution in [-0.4, -0.2) is 31.1 Å². The first kappa shape index (κ1) is 19.0. The van der Waals surface area contributed by atoms with Crippen LogP contribution in [0, 0.1) is 5.92 Å². The van der Waals surface area contributed by atoms with Gasteiger partial charge in [0.25, 0.3) is 0 Å². The molecule has 2 N–H and O–H groups in total. The Morgan fingerprint density at radius 1 is 1.15 bits per heavy atom. The molecule has 0 amide bonds. The van der Waals surface area contributed by atoms with Gasteiger partial charge in [-0.2, -0.15) is 0 Å². The summed E-state index contributed by atoms with van der Waals surface area (Å²) in [5.74, 6) is 1.71. The van der Waals surface area contributed by atoms with Crippen molar-refractivity contribution in [1.29, 1.82) is 0 Å². The van der Waals surface area contributed by atoms with Crippen molar-refractivity contribution in [1.82, 2.24) is 0 Å². The van der Waals surface area contributed by atoms with Gasteiger partial charge in [-0.25, -0.2) is 0 Å². The van der Waals surface area contributed by atoms with Crippen LogP contribution < -0.4 is 4.74 Å². The molecule has 1 aromatic rings. The zero-order valence-corrected chi connectivity index (χ0v) is 12.8. The minimum atomic E-state index is -1.62. The summed E-state index contributed by atoms with van der Waals surface area (Å²) in [4.78, 5) is 0. The fourth-order valence-corrected chi connectivity index (χ4v) is 1.63. The van der Waals surface area contributed by atoms with Crippen LogP contribution in [0.2, 0.25) is 0 Å². The second-order valence-electron chi connectivity index (χ2n) is 4.60. The molecule has 0 bridgehead atoms. The van der Waals surface area contributed by atoms with E-state index >= 15 is 0 Å². The second kappa shape index (κ2) is 13.0. The van der Waals surface area contributed by atoms with Gasteiger partial charge in [0.2, 0.25) is 0 Å². The van der Waals surface area contributed by atoms with E-state index in [1.54, 1.807) is 0 Å². The van der Waals surface area contributed by atoms with Crippen LogP contribution in [0.4, 0.5) is 0 Å². The zero-order chi connectivity index (χ0) is 15.2. The average Bonchev–Trinajstić information content (AvgIpc) is 2.49. The lowest BCUT2D eigenvalue weighted by atomic mass is 10.0. The largest absolute Gasteiger partial charge is 0.633 e. The van der Waals surface area contributed by atoms with Gasteiger partial charge in [-0.05, 0) is 24.5 Å². The molecular weight excluding hydrogens is 255 g/mol. The molecule has 0 fully saturated rings. The number of hydrogen-bond acceptors (Lipinski definition) is 4. The normalized spacial score (nSPS) is 11.2. The van der Waals surface area contributed by atoms with Crippen molar-refractivity contribution in [3.05, 3.63) is 30.3 Å². The molecular formula is C15H27BO4. The number of unbranched alkanes of at least 4 members (excludes halogenated alkanes) is 1. The van der Waals surface area contributed by atoms with Gasteiger partial charge in [-0.1, -0.05) is 51.3 Å². The lowest BCUT2D eigenvalue weighted by Gasteiger charge is -2.15. The van der Waals surface area contributed by atoms with Gasteiger partial charge in [0.1, 0.15) is 5.75 Å². The molecule has 0 aliphatic rings. The minimum absolute atomic E-state index is 0.713. The maximum absolute atomic E-state index is 7.69. The van der Waals surface area contributed by atoms with Gasteiger partial charge in [-0.3, -0.25) is 0 Å². The SMILES string of the molecule is CCCCC(CC)COc1ccccc1.COB(O)O. The Labute approximate surface area is 122 Å². The first-order valence-electron chi connectivity index (χ1n) is 7.20. The van der Waals surface area contributed by atoms with Crippen LogP contribution in [0.3, 0.4) is 0 Å². The summed E-state index contributed by atoms with van der Waals surface area (Å²) < 4.78 is 9.62. The Balaban J connectivity index is 0.000000621. The number of rotatable bonds is 8. The van der Waals surface area contributed by atoms with Crippen molar-refractivity contribution >= 4 is 7.32 Å². The highest BCUT2D eigenvalue weighted by Crippen LogP contribution is 2.15. The Bertz CT molecular complexity index is 306. The topological polar surface area (TPSA) is 58.9 Å². The van der Waals surface area contributed by atoms with Crippen LogP contribution in [0.25, 0.3) is 0 Å². The summed E-state index contributed by atoms with van der Waals surface area (Å²) in [5.41, 5.74) is 0. The van der Waals surface area contributed by atoms with E-state index in [1.165, 1.54) is 32.8 Å². The van der Waals surface area contributed by atoms with Crippen molar-refractivity contribution in [2.75, 3.05) is 13.7 Å². The first-order chi connectivity index (χ1) is 9.63. The molecule has 5 heteroatoms. The highest BCUT2D eigenvalue weighted by Gasteiger charge is 2.06. The molecule has 1 aromatic carbocycles. The van der Waals surface area contributed by atoms with Gasteiger partial charge in [0, 0.05) is 7.11 Å². The molecule has 0 heterocycles. The van der Waals surface area contributed by atoms with E-state index in [0.717, 1.165) is 12.4 Å². The number of para-hydroxylation sites is 1.